The Kier molecular flexibility index (Phi) is 9.36. The van der Waals surface area contributed by atoms with Gasteiger partial charge in [-0.25, -0.2) is 4.68 Å². The van der Waals surface area contributed by atoms with Crippen molar-refractivity contribution >= 4 is 0 Å². The van der Waals surface area contributed by atoms with Gasteiger partial charge in [0.05, 0.1) is 17.1 Å². The third kappa shape index (κ3) is 8.24. The zero-order valence-electron chi connectivity index (χ0n) is 18.9. The molecule has 1 aromatic heterocycles. The average Bonchev–Trinajstić information content (AvgIpc) is 3.22. The lowest BCUT2D eigenvalue weighted by Gasteiger charge is -2.11. The summed E-state index contributed by atoms with van der Waals surface area (Å²) in [6, 6.07) is 17.6. The van der Waals surface area contributed by atoms with Crippen LogP contribution < -0.4 is 10.5 Å². The van der Waals surface area contributed by atoms with Crippen molar-refractivity contribution in [2.75, 3.05) is 6.54 Å². The summed E-state index contributed by atoms with van der Waals surface area (Å²) in [6.07, 6.45) is 5.54. The van der Waals surface area contributed by atoms with Crippen molar-refractivity contribution in [1.82, 2.24) is 9.78 Å². The standard InChI is InChI=1S/C26H32F3N3O/c27-26(28,29)33-24-17-12-13-21(19-24)25-20-22(31-32(25)23-15-9-7-10-16-23)14-8-5-3-1-2-4-6-11-18-30/h7,9-10,12-13,15-17,19-20H,1-6,8,11,14,18,30H2. The molecule has 0 radical (unpaired) electrons. The van der Waals surface area contributed by atoms with E-state index in [2.05, 4.69) is 4.74 Å². The summed E-state index contributed by atoms with van der Waals surface area (Å²) in [6.45, 7) is 0.775. The number of aryl methyl sites for hydroxylation is 1. The maximum Gasteiger partial charge on any atom is 0.573 e. The van der Waals surface area contributed by atoms with Crippen LogP contribution in [0.3, 0.4) is 0 Å². The first kappa shape index (κ1) is 24.8. The molecule has 0 fully saturated rings. The molecular weight excluding hydrogens is 427 g/mol. The second-order valence-electron chi connectivity index (χ2n) is 8.21. The molecule has 7 heteroatoms. The second kappa shape index (κ2) is 12.4. The molecular formula is C26H32F3N3O. The van der Waals surface area contributed by atoms with Crippen molar-refractivity contribution in [3.05, 3.63) is 66.4 Å². The Morgan fingerprint density at radius 1 is 0.788 bits per heavy atom. The summed E-state index contributed by atoms with van der Waals surface area (Å²) < 4.78 is 44.0. The highest BCUT2D eigenvalue weighted by Gasteiger charge is 2.31. The summed E-state index contributed by atoms with van der Waals surface area (Å²) >= 11 is 0. The molecule has 0 atom stereocenters. The molecule has 0 aliphatic rings. The van der Waals surface area contributed by atoms with E-state index in [0.29, 0.717) is 5.56 Å². The topological polar surface area (TPSA) is 53.1 Å². The SMILES string of the molecule is NCCCCCCCCCCc1cc(-c2cccc(OC(F)(F)F)c2)n(-c2ccccc2)n1. The molecule has 3 aromatic rings. The van der Waals surface area contributed by atoms with E-state index < -0.39 is 6.36 Å². The van der Waals surface area contributed by atoms with Gasteiger partial charge in [0.15, 0.2) is 0 Å². The van der Waals surface area contributed by atoms with Gasteiger partial charge in [0, 0.05) is 5.56 Å². The van der Waals surface area contributed by atoms with Gasteiger partial charge in [-0.1, -0.05) is 68.9 Å². The third-order valence-electron chi connectivity index (χ3n) is 5.51. The molecule has 178 valence electrons. The van der Waals surface area contributed by atoms with Crippen LogP contribution in [0, 0.1) is 0 Å². The zero-order chi connectivity index (χ0) is 23.5. The summed E-state index contributed by atoms with van der Waals surface area (Å²) in [5.41, 5.74) is 8.67. The minimum atomic E-state index is -4.73. The van der Waals surface area contributed by atoms with Crippen molar-refractivity contribution in [3.8, 4) is 22.7 Å². The van der Waals surface area contributed by atoms with Gasteiger partial charge in [-0.2, -0.15) is 5.10 Å². The van der Waals surface area contributed by atoms with Crippen molar-refractivity contribution in [3.63, 3.8) is 0 Å². The first-order valence-electron chi connectivity index (χ1n) is 11.7. The highest BCUT2D eigenvalue weighted by atomic mass is 19.4. The van der Waals surface area contributed by atoms with Crippen LogP contribution in [-0.4, -0.2) is 22.7 Å². The number of alkyl halides is 3. The number of hydrogen-bond donors (Lipinski definition) is 1. The largest absolute Gasteiger partial charge is 0.573 e. The van der Waals surface area contributed by atoms with Gasteiger partial charge in [0.25, 0.3) is 0 Å². The molecule has 0 aliphatic heterocycles. The summed E-state index contributed by atoms with van der Waals surface area (Å²) in [4.78, 5) is 0. The average molecular weight is 460 g/mol. The van der Waals surface area contributed by atoms with Gasteiger partial charge in [-0.15, -0.1) is 13.2 Å². The molecule has 2 aromatic carbocycles. The number of nitrogens with zero attached hydrogens (tertiary/aromatic N) is 2. The summed E-state index contributed by atoms with van der Waals surface area (Å²) in [5, 5.41) is 4.77. The molecule has 1 heterocycles. The predicted octanol–water partition coefficient (Wildman–Crippen LogP) is 7.06. The number of hydrogen-bond acceptors (Lipinski definition) is 3. The first-order valence-corrected chi connectivity index (χ1v) is 11.7. The second-order valence-corrected chi connectivity index (χ2v) is 8.21. The van der Waals surface area contributed by atoms with Crippen LogP contribution in [0.15, 0.2) is 60.7 Å². The monoisotopic (exact) mass is 459 g/mol. The number of halogens is 3. The van der Waals surface area contributed by atoms with E-state index in [1.165, 1.54) is 44.2 Å². The number of aromatic nitrogens is 2. The van der Waals surface area contributed by atoms with Crippen LogP contribution >= 0.6 is 0 Å². The number of benzene rings is 2. The maximum atomic E-state index is 12.7. The number of rotatable bonds is 13. The van der Waals surface area contributed by atoms with Gasteiger partial charge in [0.2, 0.25) is 0 Å². The first-order chi connectivity index (χ1) is 16.0. The van der Waals surface area contributed by atoms with Crippen molar-refractivity contribution < 1.29 is 17.9 Å². The predicted molar refractivity (Wildman–Crippen MR) is 125 cm³/mol. The van der Waals surface area contributed by atoms with Crippen molar-refractivity contribution in [2.24, 2.45) is 5.73 Å². The van der Waals surface area contributed by atoms with Crippen molar-refractivity contribution in [1.29, 1.82) is 0 Å². The third-order valence-corrected chi connectivity index (χ3v) is 5.51. The number of unbranched alkanes of at least 4 members (excludes halogenated alkanes) is 7. The minimum Gasteiger partial charge on any atom is -0.406 e. The summed E-state index contributed by atoms with van der Waals surface area (Å²) in [5.74, 6) is -0.242. The Morgan fingerprint density at radius 2 is 1.45 bits per heavy atom. The molecule has 0 aliphatic carbocycles. The molecule has 0 saturated carbocycles. The fourth-order valence-corrected chi connectivity index (χ4v) is 3.89. The van der Waals surface area contributed by atoms with Crippen LogP contribution in [0.5, 0.6) is 5.75 Å². The summed E-state index contributed by atoms with van der Waals surface area (Å²) in [7, 11) is 0. The normalized spacial score (nSPS) is 11.6. The smallest absolute Gasteiger partial charge is 0.406 e. The number of para-hydroxylation sites is 1. The molecule has 0 amide bonds. The lowest BCUT2D eigenvalue weighted by molar-refractivity contribution is -0.274. The molecule has 4 nitrogen and oxygen atoms in total. The Labute approximate surface area is 193 Å². The van der Waals surface area contributed by atoms with E-state index >= 15 is 0 Å². The quantitative estimate of drug-likeness (QED) is 0.278. The van der Waals surface area contributed by atoms with Crippen LogP contribution in [-0.2, 0) is 6.42 Å². The van der Waals surface area contributed by atoms with Crippen LogP contribution in [0.1, 0.15) is 57.1 Å². The van der Waals surface area contributed by atoms with Gasteiger partial charge in [-0.3, -0.25) is 0 Å². The lowest BCUT2D eigenvalue weighted by atomic mass is 10.1. The van der Waals surface area contributed by atoms with Gasteiger partial charge in [-0.05, 0) is 56.1 Å². The van der Waals surface area contributed by atoms with E-state index in [1.54, 1.807) is 16.8 Å². The Balaban J connectivity index is 1.68. The molecule has 0 spiro atoms. The maximum absolute atomic E-state index is 12.7. The number of ether oxygens (including phenoxy) is 1. The van der Waals surface area contributed by atoms with Gasteiger partial charge >= 0.3 is 6.36 Å². The highest BCUT2D eigenvalue weighted by molar-refractivity contribution is 5.64. The highest BCUT2D eigenvalue weighted by Crippen LogP contribution is 2.30. The molecule has 0 bridgehead atoms. The van der Waals surface area contributed by atoms with Crippen LogP contribution in [0.2, 0.25) is 0 Å². The van der Waals surface area contributed by atoms with Gasteiger partial charge in [0.1, 0.15) is 5.75 Å². The van der Waals surface area contributed by atoms with Crippen LogP contribution in [0.4, 0.5) is 13.2 Å². The van der Waals surface area contributed by atoms with E-state index in [9.17, 15) is 13.2 Å². The molecule has 3 rings (SSSR count). The Morgan fingerprint density at radius 3 is 2.12 bits per heavy atom. The number of nitrogens with two attached hydrogens (primary N) is 1. The zero-order valence-corrected chi connectivity index (χ0v) is 18.9. The molecule has 33 heavy (non-hydrogen) atoms. The van der Waals surface area contributed by atoms with Crippen LogP contribution in [0.25, 0.3) is 16.9 Å². The van der Waals surface area contributed by atoms with E-state index in [0.717, 1.165) is 49.3 Å². The fourth-order valence-electron chi connectivity index (χ4n) is 3.89. The fraction of sp³-hybridized carbons (Fsp3) is 0.423. The van der Waals surface area contributed by atoms with Crippen molar-refractivity contribution in [2.45, 2.75) is 64.1 Å². The van der Waals surface area contributed by atoms with E-state index in [-0.39, 0.29) is 5.75 Å². The van der Waals surface area contributed by atoms with Gasteiger partial charge < -0.3 is 10.5 Å². The molecule has 0 unspecified atom stereocenters. The molecule has 2 N–H and O–H groups in total. The van der Waals surface area contributed by atoms with E-state index in [1.807, 2.05) is 36.4 Å². The Hall–Kier alpha value is -2.80. The lowest BCUT2D eigenvalue weighted by Crippen LogP contribution is -2.17. The molecule has 0 saturated heterocycles. The van der Waals surface area contributed by atoms with E-state index in [4.69, 9.17) is 10.8 Å². The minimum absolute atomic E-state index is 0.242. The Bertz CT molecular complexity index is 970.